The van der Waals surface area contributed by atoms with Crippen molar-refractivity contribution in [2.75, 3.05) is 7.11 Å². The van der Waals surface area contributed by atoms with Crippen LogP contribution in [0.2, 0.25) is 0 Å². The highest BCUT2D eigenvalue weighted by atomic mass is 35.5. The number of rotatable bonds is 3. The molecule has 0 N–H and O–H groups in total. The molecule has 15 heavy (non-hydrogen) atoms. The molecule has 1 unspecified atom stereocenters. The van der Waals surface area contributed by atoms with Gasteiger partial charge in [-0.15, -0.1) is 11.6 Å². The van der Waals surface area contributed by atoms with Gasteiger partial charge in [-0.3, -0.25) is 4.79 Å². The van der Waals surface area contributed by atoms with Gasteiger partial charge in [0.05, 0.1) is 7.11 Å². The maximum absolute atomic E-state index is 12.3. The summed E-state index contributed by atoms with van der Waals surface area (Å²) in [5.74, 6) is -0.664. The monoisotopic (exact) mass is 234 g/mol. The zero-order valence-electron chi connectivity index (χ0n) is 7.91. The van der Waals surface area contributed by atoms with Crippen molar-refractivity contribution in [2.24, 2.45) is 0 Å². The van der Waals surface area contributed by atoms with Gasteiger partial charge in [0, 0.05) is 5.56 Å². The Kier molecular flexibility index (Phi) is 4.03. The summed E-state index contributed by atoms with van der Waals surface area (Å²) < 4.78 is 29.1. The minimum absolute atomic E-state index is 0.165. The fraction of sp³-hybridized carbons (Fsp3) is 0.300. The average Bonchev–Trinajstić information content (AvgIpc) is 2.27. The second-order valence-corrected chi connectivity index (χ2v) is 3.29. The topological polar surface area (TPSA) is 26.3 Å². The molecule has 82 valence electrons. The van der Waals surface area contributed by atoms with Crippen molar-refractivity contribution >= 4 is 17.6 Å². The smallest absolute Gasteiger partial charge is 0.328 e. The number of benzene rings is 1. The summed E-state index contributed by atoms with van der Waals surface area (Å²) in [4.78, 5) is 11.1. The third kappa shape index (κ3) is 2.89. The average molecular weight is 235 g/mol. The Morgan fingerprint density at radius 3 is 2.53 bits per heavy atom. The summed E-state index contributed by atoms with van der Waals surface area (Å²) in [7, 11) is 1.19. The summed E-state index contributed by atoms with van der Waals surface area (Å²) in [5.41, 5.74) is 0.142. The Bertz CT molecular complexity index is 355. The van der Waals surface area contributed by atoms with Crippen molar-refractivity contribution in [3.8, 4) is 0 Å². The van der Waals surface area contributed by atoms with Crippen LogP contribution >= 0.6 is 11.6 Å². The van der Waals surface area contributed by atoms with Crippen molar-refractivity contribution in [1.29, 1.82) is 0 Å². The van der Waals surface area contributed by atoms with Gasteiger partial charge in [-0.05, 0) is 11.6 Å². The Balaban J connectivity index is 2.95. The third-order valence-electron chi connectivity index (χ3n) is 1.86. The van der Waals surface area contributed by atoms with Gasteiger partial charge in [-0.2, -0.15) is 0 Å². The van der Waals surface area contributed by atoms with Crippen LogP contribution in [0.3, 0.4) is 0 Å². The molecule has 0 saturated carbocycles. The lowest BCUT2D eigenvalue weighted by atomic mass is 10.1. The van der Waals surface area contributed by atoms with E-state index in [4.69, 9.17) is 11.6 Å². The molecule has 1 atom stereocenters. The summed E-state index contributed by atoms with van der Waals surface area (Å²) in [5, 5.41) is -1.05. The maximum atomic E-state index is 12.3. The number of hydrogen-bond acceptors (Lipinski definition) is 2. The predicted molar refractivity (Wildman–Crippen MR) is 52.0 cm³/mol. The van der Waals surface area contributed by atoms with Crippen molar-refractivity contribution in [3.05, 3.63) is 35.4 Å². The highest BCUT2D eigenvalue weighted by Crippen LogP contribution is 2.26. The van der Waals surface area contributed by atoms with Crippen molar-refractivity contribution in [1.82, 2.24) is 0 Å². The Morgan fingerprint density at radius 1 is 1.40 bits per heavy atom. The first-order valence-corrected chi connectivity index (χ1v) is 4.59. The van der Waals surface area contributed by atoms with Gasteiger partial charge < -0.3 is 4.74 Å². The fourth-order valence-electron chi connectivity index (χ4n) is 1.09. The van der Waals surface area contributed by atoms with Gasteiger partial charge in [0.15, 0.2) is 5.38 Å². The fourth-order valence-corrected chi connectivity index (χ4v) is 1.32. The van der Waals surface area contributed by atoms with Gasteiger partial charge in [-0.1, -0.05) is 18.2 Å². The minimum Gasteiger partial charge on any atom is -0.468 e. The standard InChI is InChI=1S/C10H9ClF2O2/c1-15-10(14)8(11)6-3-2-4-7(5-6)9(12)13/h2-5,8-9H,1H3. The minimum atomic E-state index is -2.58. The van der Waals surface area contributed by atoms with Crippen LogP contribution in [0.1, 0.15) is 22.9 Å². The number of halogens is 3. The number of carbonyl (C=O) groups is 1. The van der Waals surface area contributed by atoms with Gasteiger partial charge in [0.1, 0.15) is 0 Å². The molecule has 0 fully saturated rings. The quantitative estimate of drug-likeness (QED) is 0.594. The normalized spacial score (nSPS) is 12.6. The highest BCUT2D eigenvalue weighted by Gasteiger charge is 2.19. The molecule has 0 aliphatic heterocycles. The molecule has 0 aromatic heterocycles. The molecule has 0 heterocycles. The van der Waals surface area contributed by atoms with E-state index >= 15 is 0 Å². The first-order chi connectivity index (χ1) is 7.06. The van der Waals surface area contributed by atoms with Gasteiger partial charge in [0.2, 0.25) is 0 Å². The number of hydrogen-bond donors (Lipinski definition) is 0. The molecule has 1 rings (SSSR count). The first-order valence-electron chi connectivity index (χ1n) is 4.16. The van der Waals surface area contributed by atoms with Crippen LogP contribution < -0.4 is 0 Å². The van der Waals surface area contributed by atoms with E-state index in [0.717, 1.165) is 0 Å². The molecule has 0 spiro atoms. The van der Waals surface area contributed by atoms with E-state index in [-0.39, 0.29) is 5.56 Å². The van der Waals surface area contributed by atoms with Crippen molar-refractivity contribution in [2.45, 2.75) is 11.8 Å². The molecule has 2 nitrogen and oxygen atoms in total. The molecule has 0 saturated heterocycles. The lowest BCUT2D eigenvalue weighted by molar-refractivity contribution is -0.140. The molecular formula is C10H9ClF2O2. The number of esters is 1. The van der Waals surface area contributed by atoms with E-state index in [0.29, 0.717) is 5.56 Å². The van der Waals surface area contributed by atoms with Gasteiger partial charge >= 0.3 is 5.97 Å². The van der Waals surface area contributed by atoms with Crippen LogP contribution in [0.25, 0.3) is 0 Å². The highest BCUT2D eigenvalue weighted by molar-refractivity contribution is 6.29. The lowest BCUT2D eigenvalue weighted by Crippen LogP contribution is -2.08. The Morgan fingerprint density at radius 2 is 2.00 bits per heavy atom. The van der Waals surface area contributed by atoms with Crippen LogP contribution in [-0.4, -0.2) is 13.1 Å². The van der Waals surface area contributed by atoms with E-state index in [1.165, 1.54) is 31.4 Å². The maximum Gasteiger partial charge on any atom is 0.328 e. The van der Waals surface area contributed by atoms with Crippen LogP contribution in [0, 0.1) is 0 Å². The van der Waals surface area contributed by atoms with Gasteiger partial charge in [-0.25, -0.2) is 8.78 Å². The summed E-state index contributed by atoms with van der Waals surface area (Å²) in [6.07, 6.45) is -2.58. The Hall–Kier alpha value is -1.16. The molecule has 0 aliphatic rings. The molecule has 0 bridgehead atoms. The number of carbonyl (C=O) groups excluding carboxylic acids is 1. The zero-order valence-corrected chi connectivity index (χ0v) is 8.67. The van der Waals surface area contributed by atoms with E-state index in [1.807, 2.05) is 0 Å². The first kappa shape index (κ1) is 11.9. The Labute approximate surface area is 90.8 Å². The van der Waals surface area contributed by atoms with E-state index < -0.39 is 17.8 Å². The molecule has 5 heteroatoms. The molecule has 0 aliphatic carbocycles. The van der Waals surface area contributed by atoms with Crippen LogP contribution in [0.4, 0.5) is 8.78 Å². The van der Waals surface area contributed by atoms with Gasteiger partial charge in [0.25, 0.3) is 6.43 Å². The predicted octanol–water partition coefficient (Wildman–Crippen LogP) is 3.08. The van der Waals surface area contributed by atoms with E-state index in [9.17, 15) is 13.6 Å². The molecule has 0 amide bonds. The van der Waals surface area contributed by atoms with Crippen LogP contribution in [-0.2, 0) is 9.53 Å². The second kappa shape index (κ2) is 5.07. The number of methoxy groups -OCH3 is 1. The molecule has 0 radical (unpaired) electrons. The number of ether oxygens (including phenoxy) is 1. The SMILES string of the molecule is COC(=O)C(Cl)c1cccc(C(F)F)c1. The van der Waals surface area contributed by atoms with Crippen LogP contribution in [0.15, 0.2) is 24.3 Å². The molecular weight excluding hydrogens is 226 g/mol. The van der Waals surface area contributed by atoms with E-state index in [2.05, 4.69) is 4.74 Å². The number of alkyl halides is 3. The zero-order chi connectivity index (χ0) is 11.4. The second-order valence-electron chi connectivity index (χ2n) is 2.86. The van der Waals surface area contributed by atoms with Crippen molar-refractivity contribution in [3.63, 3.8) is 0 Å². The van der Waals surface area contributed by atoms with Crippen molar-refractivity contribution < 1.29 is 18.3 Å². The lowest BCUT2D eigenvalue weighted by Gasteiger charge is -2.08. The largest absolute Gasteiger partial charge is 0.468 e. The van der Waals surface area contributed by atoms with E-state index in [1.54, 1.807) is 0 Å². The summed E-state index contributed by atoms with van der Waals surface area (Å²) in [6.45, 7) is 0. The molecule has 1 aromatic rings. The summed E-state index contributed by atoms with van der Waals surface area (Å²) in [6, 6.07) is 5.39. The van der Waals surface area contributed by atoms with Crippen LogP contribution in [0.5, 0.6) is 0 Å². The summed E-state index contributed by atoms with van der Waals surface area (Å²) >= 11 is 5.71. The molecule has 1 aromatic carbocycles. The third-order valence-corrected chi connectivity index (χ3v) is 2.29.